The van der Waals surface area contributed by atoms with Crippen molar-refractivity contribution in [3.05, 3.63) is 60.2 Å². The molecule has 8 heteroatoms. The highest BCUT2D eigenvalue weighted by molar-refractivity contribution is 5.75. The molecule has 34 heavy (non-hydrogen) atoms. The molecule has 2 aromatic carbocycles. The van der Waals surface area contributed by atoms with Crippen molar-refractivity contribution in [2.24, 2.45) is 7.05 Å². The first kappa shape index (κ1) is 23.6. The van der Waals surface area contributed by atoms with E-state index in [1.54, 1.807) is 16.7 Å². The fourth-order valence-electron chi connectivity index (χ4n) is 4.17. The third-order valence-corrected chi connectivity index (χ3v) is 5.82. The molecule has 3 aromatic rings. The zero-order valence-electron chi connectivity index (χ0n) is 20.0. The van der Waals surface area contributed by atoms with Gasteiger partial charge in [0.2, 0.25) is 5.88 Å². The number of ether oxygens (including phenoxy) is 3. The maximum Gasteiger partial charge on any atom is 0.317 e. The van der Waals surface area contributed by atoms with Crippen molar-refractivity contribution in [2.75, 3.05) is 26.8 Å². The molecule has 1 aliphatic rings. The van der Waals surface area contributed by atoms with Gasteiger partial charge < -0.3 is 24.4 Å². The van der Waals surface area contributed by atoms with Gasteiger partial charge in [0.15, 0.2) is 11.5 Å². The highest BCUT2D eigenvalue weighted by Crippen LogP contribution is 2.37. The van der Waals surface area contributed by atoms with Crippen molar-refractivity contribution in [3.63, 3.8) is 0 Å². The second-order valence-corrected chi connectivity index (χ2v) is 8.23. The van der Waals surface area contributed by atoms with E-state index in [1.807, 2.05) is 68.6 Å². The summed E-state index contributed by atoms with van der Waals surface area (Å²) >= 11 is 0. The van der Waals surface area contributed by atoms with Gasteiger partial charge in [-0.05, 0) is 31.9 Å². The van der Waals surface area contributed by atoms with Crippen molar-refractivity contribution in [1.29, 1.82) is 0 Å². The van der Waals surface area contributed by atoms with Gasteiger partial charge in [0.1, 0.15) is 5.69 Å². The van der Waals surface area contributed by atoms with Crippen LogP contribution in [0.15, 0.2) is 54.6 Å². The maximum atomic E-state index is 13.0. The van der Waals surface area contributed by atoms with E-state index in [1.165, 1.54) is 0 Å². The summed E-state index contributed by atoms with van der Waals surface area (Å²) in [4.78, 5) is 14.8. The molecule has 0 bridgehead atoms. The van der Waals surface area contributed by atoms with Crippen molar-refractivity contribution < 1.29 is 19.0 Å². The zero-order valence-corrected chi connectivity index (χ0v) is 20.0. The number of hydrogen-bond donors (Lipinski definition) is 1. The Kier molecular flexibility index (Phi) is 7.69. The lowest BCUT2D eigenvalue weighted by Gasteiger charge is -2.26. The molecule has 0 unspecified atom stereocenters. The highest BCUT2D eigenvalue weighted by atomic mass is 16.5. The standard InChI is InChI=1S/C26H32N4O4/c1-4-27-26(31)30(17-20-13-10-16-33-20)18-21-24(19-11-6-5-7-12-19)28-29(2)25(21)34-23-15-9-8-14-22(23)32-3/h5-9,11-12,14-15,20H,4,10,13,16-18H2,1-3H3,(H,27,31)/t20-/m0/s1. The Bertz CT molecular complexity index is 1090. The van der Waals surface area contributed by atoms with Gasteiger partial charge in [0, 0.05) is 32.3 Å². The smallest absolute Gasteiger partial charge is 0.317 e. The molecule has 1 atom stereocenters. The minimum absolute atomic E-state index is 0.0260. The van der Waals surface area contributed by atoms with E-state index in [0.29, 0.717) is 37.0 Å². The first-order chi connectivity index (χ1) is 16.6. The predicted molar refractivity (Wildman–Crippen MR) is 130 cm³/mol. The normalized spacial score (nSPS) is 15.2. The number of hydrogen-bond acceptors (Lipinski definition) is 5. The van der Waals surface area contributed by atoms with Crippen LogP contribution in [0.4, 0.5) is 4.79 Å². The summed E-state index contributed by atoms with van der Waals surface area (Å²) in [6, 6.07) is 17.3. The van der Waals surface area contributed by atoms with Crippen LogP contribution in [0, 0.1) is 0 Å². The summed E-state index contributed by atoms with van der Waals surface area (Å²) in [6.07, 6.45) is 1.98. The van der Waals surface area contributed by atoms with Gasteiger partial charge in [-0.1, -0.05) is 42.5 Å². The van der Waals surface area contributed by atoms with Gasteiger partial charge in [-0.2, -0.15) is 5.10 Å². The summed E-state index contributed by atoms with van der Waals surface area (Å²) in [5, 5.41) is 7.72. The Labute approximate surface area is 200 Å². The minimum Gasteiger partial charge on any atom is -0.493 e. The molecule has 0 spiro atoms. The number of amides is 2. The lowest BCUT2D eigenvalue weighted by Crippen LogP contribution is -2.43. The van der Waals surface area contributed by atoms with Crippen molar-refractivity contribution in [2.45, 2.75) is 32.4 Å². The van der Waals surface area contributed by atoms with E-state index in [9.17, 15) is 4.79 Å². The number of urea groups is 1. The molecule has 4 rings (SSSR count). The molecule has 180 valence electrons. The van der Waals surface area contributed by atoms with Gasteiger partial charge in [-0.15, -0.1) is 0 Å². The second kappa shape index (κ2) is 11.1. The fraction of sp³-hybridized carbons (Fsp3) is 0.385. The topological polar surface area (TPSA) is 77.9 Å². The average Bonchev–Trinajstić information content (AvgIpc) is 3.48. The molecule has 8 nitrogen and oxygen atoms in total. The quantitative estimate of drug-likeness (QED) is 0.501. The fourth-order valence-corrected chi connectivity index (χ4v) is 4.17. The molecule has 0 saturated carbocycles. The minimum atomic E-state index is -0.135. The number of carbonyl (C=O) groups is 1. The molecule has 0 aliphatic carbocycles. The zero-order chi connectivity index (χ0) is 23.9. The van der Waals surface area contributed by atoms with Crippen LogP contribution in [0.5, 0.6) is 17.4 Å². The number of nitrogens with zero attached hydrogens (tertiary/aromatic N) is 3. The Morgan fingerprint density at radius 1 is 1.18 bits per heavy atom. The van der Waals surface area contributed by atoms with Crippen LogP contribution in [0.3, 0.4) is 0 Å². The van der Waals surface area contributed by atoms with E-state index in [4.69, 9.17) is 19.3 Å². The summed E-state index contributed by atoms with van der Waals surface area (Å²) in [7, 11) is 3.46. The first-order valence-corrected chi connectivity index (χ1v) is 11.7. The SMILES string of the molecule is CCNC(=O)N(Cc1c(-c2ccccc2)nn(C)c1Oc1ccccc1OC)C[C@@H]1CCCO1. The summed E-state index contributed by atoms with van der Waals surface area (Å²) in [6.45, 7) is 4.03. The Morgan fingerprint density at radius 3 is 2.59 bits per heavy atom. The number of aromatic nitrogens is 2. The predicted octanol–water partition coefficient (Wildman–Crippen LogP) is 4.60. The number of para-hydroxylation sites is 2. The summed E-state index contributed by atoms with van der Waals surface area (Å²) in [5.74, 6) is 1.76. The van der Waals surface area contributed by atoms with E-state index in [2.05, 4.69) is 5.32 Å². The van der Waals surface area contributed by atoms with Crippen LogP contribution in [0.2, 0.25) is 0 Å². The van der Waals surface area contributed by atoms with E-state index >= 15 is 0 Å². The van der Waals surface area contributed by atoms with Gasteiger partial charge in [0.05, 0.1) is 25.3 Å². The van der Waals surface area contributed by atoms with Gasteiger partial charge >= 0.3 is 6.03 Å². The lowest BCUT2D eigenvalue weighted by molar-refractivity contribution is 0.0794. The van der Waals surface area contributed by atoms with Crippen LogP contribution < -0.4 is 14.8 Å². The number of benzene rings is 2. The van der Waals surface area contributed by atoms with Gasteiger partial charge in [0.25, 0.3) is 0 Å². The molecule has 1 fully saturated rings. The Hall–Kier alpha value is -3.52. The molecule has 2 heterocycles. The van der Waals surface area contributed by atoms with Crippen LogP contribution in [-0.2, 0) is 18.3 Å². The molecule has 1 aliphatic heterocycles. The molecule has 1 N–H and O–H groups in total. The van der Waals surface area contributed by atoms with Gasteiger partial charge in [-0.25, -0.2) is 9.48 Å². The molecule has 1 aromatic heterocycles. The van der Waals surface area contributed by atoms with E-state index < -0.39 is 0 Å². The number of nitrogens with one attached hydrogen (secondary N) is 1. The first-order valence-electron chi connectivity index (χ1n) is 11.7. The largest absolute Gasteiger partial charge is 0.493 e. The van der Waals surface area contributed by atoms with Gasteiger partial charge in [-0.3, -0.25) is 0 Å². The van der Waals surface area contributed by atoms with Crippen molar-refractivity contribution in [3.8, 4) is 28.6 Å². The third-order valence-electron chi connectivity index (χ3n) is 5.82. The second-order valence-electron chi connectivity index (χ2n) is 8.23. The Balaban J connectivity index is 1.74. The van der Waals surface area contributed by atoms with Crippen LogP contribution in [0.1, 0.15) is 25.3 Å². The van der Waals surface area contributed by atoms with Crippen LogP contribution >= 0.6 is 0 Å². The number of carbonyl (C=O) groups excluding carboxylic acids is 1. The monoisotopic (exact) mass is 464 g/mol. The van der Waals surface area contributed by atoms with Crippen molar-refractivity contribution >= 4 is 6.03 Å². The van der Waals surface area contributed by atoms with Crippen LogP contribution in [0.25, 0.3) is 11.3 Å². The molecular weight excluding hydrogens is 432 g/mol. The Morgan fingerprint density at radius 2 is 1.91 bits per heavy atom. The summed E-state index contributed by atoms with van der Waals surface area (Å²) in [5.41, 5.74) is 2.55. The van der Waals surface area contributed by atoms with E-state index in [-0.39, 0.29) is 12.1 Å². The van der Waals surface area contributed by atoms with Crippen molar-refractivity contribution in [1.82, 2.24) is 20.0 Å². The third kappa shape index (κ3) is 5.34. The summed E-state index contributed by atoms with van der Waals surface area (Å²) < 4.78 is 19.4. The highest BCUT2D eigenvalue weighted by Gasteiger charge is 2.28. The molecule has 0 radical (unpaired) electrons. The lowest BCUT2D eigenvalue weighted by atomic mass is 10.1. The molecule has 1 saturated heterocycles. The number of aryl methyl sites for hydroxylation is 1. The maximum absolute atomic E-state index is 13.0. The number of methoxy groups -OCH3 is 1. The average molecular weight is 465 g/mol. The number of rotatable bonds is 9. The van der Waals surface area contributed by atoms with Crippen LogP contribution in [-0.4, -0.2) is 53.6 Å². The molecule has 2 amide bonds. The van der Waals surface area contributed by atoms with E-state index in [0.717, 1.165) is 36.3 Å². The molecular formula is C26H32N4O4.